The fourth-order valence-electron chi connectivity index (χ4n) is 3.13. The number of rotatable bonds is 8. The first-order valence-electron chi connectivity index (χ1n) is 9.77. The molecule has 0 saturated carbocycles. The lowest BCUT2D eigenvalue weighted by atomic mass is 10.1. The second kappa shape index (κ2) is 10.6. The third-order valence-electron chi connectivity index (χ3n) is 4.93. The van der Waals surface area contributed by atoms with E-state index in [-0.39, 0.29) is 24.1 Å². The number of carbonyl (C=O) groups is 3. The van der Waals surface area contributed by atoms with E-state index in [2.05, 4.69) is 9.88 Å². The van der Waals surface area contributed by atoms with Gasteiger partial charge in [-0.3, -0.25) is 9.59 Å². The fourth-order valence-corrected chi connectivity index (χ4v) is 3.13. The zero-order valence-electron chi connectivity index (χ0n) is 17.9. The van der Waals surface area contributed by atoms with Crippen LogP contribution in [-0.4, -0.2) is 67.2 Å². The summed E-state index contributed by atoms with van der Waals surface area (Å²) in [5.74, 6) is -1.80. The topological polar surface area (TPSA) is 114 Å². The number of carbonyl (C=O) groups excluding carboxylic acids is 3. The highest BCUT2D eigenvalue weighted by Crippen LogP contribution is 2.22. The lowest BCUT2D eigenvalue weighted by molar-refractivity contribution is -0.144. The van der Waals surface area contributed by atoms with Crippen LogP contribution in [0.1, 0.15) is 29.8 Å². The predicted octanol–water partition coefficient (Wildman–Crippen LogP) is 0.939. The lowest BCUT2D eigenvalue weighted by Crippen LogP contribution is -2.38. The zero-order chi connectivity index (χ0) is 22.3. The van der Waals surface area contributed by atoms with Crippen molar-refractivity contribution < 1.29 is 23.9 Å². The Balaban J connectivity index is 1.99. The molecule has 2 heterocycles. The summed E-state index contributed by atoms with van der Waals surface area (Å²) in [6.45, 7) is 4.62. The first kappa shape index (κ1) is 23.2. The van der Waals surface area contributed by atoms with Crippen molar-refractivity contribution in [1.29, 1.82) is 5.26 Å². The molecule has 0 radical (unpaired) electrons. The van der Waals surface area contributed by atoms with Gasteiger partial charge in [0, 0.05) is 38.6 Å². The minimum atomic E-state index is -0.893. The molecule has 1 saturated heterocycles. The molecule has 1 aromatic heterocycles. The number of aromatic nitrogens is 1. The maximum absolute atomic E-state index is 12.2. The summed E-state index contributed by atoms with van der Waals surface area (Å²) in [4.78, 5) is 36.7. The molecule has 162 valence electrons. The van der Waals surface area contributed by atoms with E-state index in [1.807, 2.05) is 26.0 Å². The molecule has 30 heavy (non-hydrogen) atoms. The maximum atomic E-state index is 12.2. The SMILES string of the molecule is Cc1cc(/C=C(\C#N)C(=O)OCC(=O)NCC(=O)N(C)C)c(C)n1C[C@H]1CCCO1. The van der Waals surface area contributed by atoms with Crippen molar-refractivity contribution in [3.8, 4) is 6.07 Å². The van der Waals surface area contributed by atoms with E-state index in [1.54, 1.807) is 14.1 Å². The van der Waals surface area contributed by atoms with Gasteiger partial charge >= 0.3 is 5.97 Å². The molecule has 0 spiro atoms. The van der Waals surface area contributed by atoms with Crippen molar-refractivity contribution in [2.24, 2.45) is 0 Å². The molecule has 1 aliphatic heterocycles. The van der Waals surface area contributed by atoms with Gasteiger partial charge in [-0.25, -0.2) is 4.79 Å². The summed E-state index contributed by atoms with van der Waals surface area (Å²) < 4.78 is 12.7. The van der Waals surface area contributed by atoms with Crippen LogP contribution in [0.3, 0.4) is 0 Å². The first-order chi connectivity index (χ1) is 14.2. The first-order valence-corrected chi connectivity index (χ1v) is 9.77. The van der Waals surface area contributed by atoms with Crippen LogP contribution in [0, 0.1) is 25.2 Å². The van der Waals surface area contributed by atoms with Crippen molar-refractivity contribution in [2.45, 2.75) is 39.3 Å². The van der Waals surface area contributed by atoms with Crippen LogP contribution < -0.4 is 5.32 Å². The van der Waals surface area contributed by atoms with E-state index < -0.39 is 18.5 Å². The van der Waals surface area contributed by atoms with E-state index >= 15 is 0 Å². The summed E-state index contributed by atoms with van der Waals surface area (Å²) >= 11 is 0. The molecule has 2 amide bonds. The largest absolute Gasteiger partial charge is 0.451 e. The van der Waals surface area contributed by atoms with Gasteiger partial charge in [0.15, 0.2) is 6.61 Å². The summed E-state index contributed by atoms with van der Waals surface area (Å²) in [5.41, 5.74) is 2.46. The normalized spacial score (nSPS) is 16.1. The van der Waals surface area contributed by atoms with Crippen LogP contribution in [0.25, 0.3) is 6.08 Å². The molecule has 2 rings (SSSR count). The van der Waals surface area contributed by atoms with Crippen molar-refractivity contribution in [3.63, 3.8) is 0 Å². The van der Waals surface area contributed by atoms with Crippen LogP contribution in [0.5, 0.6) is 0 Å². The number of amides is 2. The molecule has 0 unspecified atom stereocenters. The van der Waals surface area contributed by atoms with Gasteiger partial charge in [0.2, 0.25) is 5.91 Å². The van der Waals surface area contributed by atoms with Crippen molar-refractivity contribution >= 4 is 23.9 Å². The second-order valence-corrected chi connectivity index (χ2v) is 7.38. The number of esters is 1. The monoisotopic (exact) mass is 416 g/mol. The molecular weight excluding hydrogens is 388 g/mol. The number of nitrogens with one attached hydrogen (secondary N) is 1. The third kappa shape index (κ3) is 6.19. The Labute approximate surface area is 176 Å². The summed E-state index contributed by atoms with van der Waals surface area (Å²) in [7, 11) is 3.13. The number of likely N-dealkylation sites (N-methyl/N-ethyl adjacent to an activating group) is 1. The molecular formula is C21H28N4O5. The van der Waals surface area contributed by atoms with Crippen molar-refractivity contribution in [3.05, 3.63) is 28.6 Å². The average molecular weight is 416 g/mol. The molecule has 9 heteroatoms. The number of hydrogen-bond donors (Lipinski definition) is 1. The molecule has 1 aromatic rings. The van der Waals surface area contributed by atoms with E-state index in [1.165, 1.54) is 11.0 Å². The Morgan fingerprint density at radius 1 is 1.40 bits per heavy atom. The van der Waals surface area contributed by atoms with Crippen LogP contribution in [0.4, 0.5) is 0 Å². The number of ether oxygens (including phenoxy) is 2. The Hall–Kier alpha value is -3.12. The Morgan fingerprint density at radius 2 is 2.13 bits per heavy atom. The molecule has 1 atom stereocenters. The quantitative estimate of drug-likeness (QED) is 0.383. The van der Waals surface area contributed by atoms with Gasteiger partial charge in [-0.1, -0.05) is 0 Å². The van der Waals surface area contributed by atoms with Gasteiger partial charge in [0.25, 0.3) is 5.91 Å². The molecule has 0 bridgehead atoms. The van der Waals surface area contributed by atoms with Gasteiger partial charge in [-0.15, -0.1) is 0 Å². The van der Waals surface area contributed by atoms with E-state index in [4.69, 9.17) is 9.47 Å². The predicted molar refractivity (Wildman–Crippen MR) is 109 cm³/mol. The van der Waals surface area contributed by atoms with Gasteiger partial charge in [-0.05, 0) is 44.4 Å². The highest BCUT2D eigenvalue weighted by atomic mass is 16.5. The number of nitriles is 1. The lowest BCUT2D eigenvalue weighted by Gasteiger charge is -2.14. The van der Waals surface area contributed by atoms with E-state index in [9.17, 15) is 19.6 Å². The highest BCUT2D eigenvalue weighted by molar-refractivity contribution is 5.99. The Kier molecular flexibility index (Phi) is 8.18. The third-order valence-corrected chi connectivity index (χ3v) is 4.93. The zero-order valence-corrected chi connectivity index (χ0v) is 17.9. The Morgan fingerprint density at radius 3 is 2.73 bits per heavy atom. The van der Waals surface area contributed by atoms with Crippen LogP contribution in [0.2, 0.25) is 0 Å². The van der Waals surface area contributed by atoms with Gasteiger partial charge in [0.1, 0.15) is 11.6 Å². The molecule has 9 nitrogen and oxygen atoms in total. The molecule has 1 N–H and O–H groups in total. The summed E-state index contributed by atoms with van der Waals surface area (Å²) in [5, 5.41) is 11.7. The van der Waals surface area contributed by atoms with Crippen LogP contribution >= 0.6 is 0 Å². The van der Waals surface area contributed by atoms with Crippen LogP contribution in [-0.2, 0) is 30.4 Å². The van der Waals surface area contributed by atoms with Gasteiger partial charge in [0.05, 0.1) is 12.6 Å². The molecule has 1 fully saturated rings. The van der Waals surface area contributed by atoms with Gasteiger partial charge in [-0.2, -0.15) is 5.26 Å². The standard InChI is InChI=1S/C21H28N4O5/c1-14-8-16(15(2)25(14)12-18-6-5-7-29-18)9-17(10-22)21(28)30-13-19(26)23-11-20(27)24(3)4/h8-9,18H,5-7,11-13H2,1-4H3,(H,23,26)/b17-9+/t18-/m1/s1. The molecule has 1 aliphatic rings. The molecule has 0 aromatic carbocycles. The highest BCUT2D eigenvalue weighted by Gasteiger charge is 2.20. The summed E-state index contributed by atoms with van der Waals surface area (Å²) in [6, 6.07) is 3.73. The summed E-state index contributed by atoms with van der Waals surface area (Å²) in [6.07, 6.45) is 3.70. The van der Waals surface area contributed by atoms with Crippen LogP contribution in [0.15, 0.2) is 11.6 Å². The number of nitrogens with zero attached hydrogens (tertiary/aromatic N) is 3. The minimum Gasteiger partial charge on any atom is -0.451 e. The van der Waals surface area contributed by atoms with E-state index in [0.29, 0.717) is 0 Å². The second-order valence-electron chi connectivity index (χ2n) is 7.38. The Bertz CT molecular complexity index is 873. The maximum Gasteiger partial charge on any atom is 0.349 e. The number of aryl methyl sites for hydroxylation is 1. The van der Waals surface area contributed by atoms with Gasteiger partial charge < -0.3 is 24.3 Å². The molecule has 0 aliphatic carbocycles. The van der Waals surface area contributed by atoms with E-state index in [0.717, 1.165) is 42.9 Å². The fraction of sp³-hybridized carbons (Fsp3) is 0.524. The smallest absolute Gasteiger partial charge is 0.349 e. The minimum absolute atomic E-state index is 0.171. The van der Waals surface area contributed by atoms with Crippen molar-refractivity contribution in [1.82, 2.24) is 14.8 Å². The van der Waals surface area contributed by atoms with Crippen molar-refractivity contribution in [2.75, 3.05) is 33.9 Å². The number of hydrogen-bond acceptors (Lipinski definition) is 6. The average Bonchev–Trinajstić information content (AvgIpc) is 3.32.